The monoisotopic (exact) mass is 257 g/mol. The second-order valence-corrected chi connectivity index (χ2v) is 3.87. The Bertz CT molecular complexity index is 736. The van der Waals surface area contributed by atoms with E-state index >= 15 is 0 Å². The van der Waals surface area contributed by atoms with Crippen molar-refractivity contribution in [3.05, 3.63) is 37.1 Å². The van der Waals surface area contributed by atoms with Gasteiger partial charge in [0.25, 0.3) is 5.78 Å². The number of fused-ring (bicyclic) bond motifs is 1. The number of carboxylic acid groups (broad SMARTS) is 1. The predicted octanol–water partition coefficient (Wildman–Crippen LogP) is -0.442. The van der Waals surface area contributed by atoms with Gasteiger partial charge in [-0.3, -0.25) is 0 Å². The molecule has 0 aliphatic rings. The molecule has 94 valence electrons. The quantitative estimate of drug-likeness (QED) is 0.639. The summed E-state index contributed by atoms with van der Waals surface area (Å²) in [4.78, 5) is 14.9. The van der Waals surface area contributed by atoms with Gasteiger partial charge in [0.2, 0.25) is 6.54 Å². The lowest BCUT2D eigenvalue weighted by Gasteiger charge is -1.99. The Kier molecular flexibility index (Phi) is 2.60. The van der Waals surface area contributed by atoms with Gasteiger partial charge in [0.15, 0.2) is 12.4 Å². The van der Waals surface area contributed by atoms with E-state index in [0.717, 1.165) is 5.56 Å². The lowest BCUT2D eigenvalue weighted by atomic mass is 10.2. The highest BCUT2D eigenvalue weighted by Gasteiger charge is 2.09. The zero-order chi connectivity index (χ0) is 13.2. The van der Waals surface area contributed by atoms with Gasteiger partial charge in [-0.25, -0.2) is 9.78 Å². The minimum Gasteiger partial charge on any atom is -0.477 e. The molecular weight excluding hydrogens is 248 g/mol. The van der Waals surface area contributed by atoms with Gasteiger partial charge in [0, 0.05) is 17.7 Å². The molecule has 0 spiro atoms. The molecule has 0 atom stereocenters. The average molecular weight is 257 g/mol. The van der Waals surface area contributed by atoms with Crippen LogP contribution >= 0.6 is 0 Å². The number of nitrogens with zero attached hydrogens (tertiary/aromatic N) is 6. The molecule has 0 amide bonds. The van der Waals surface area contributed by atoms with Crippen LogP contribution in [0.15, 0.2) is 37.1 Å². The first-order chi connectivity index (χ1) is 9.22. The normalized spacial score (nSPS) is 10.7. The van der Waals surface area contributed by atoms with Gasteiger partial charge in [-0.15, -0.1) is 10.2 Å². The minimum atomic E-state index is -0.887. The van der Waals surface area contributed by atoms with E-state index in [0.29, 0.717) is 11.5 Å². The lowest BCUT2D eigenvalue weighted by molar-refractivity contribution is -0.685. The van der Waals surface area contributed by atoms with Crippen LogP contribution in [-0.4, -0.2) is 35.9 Å². The summed E-state index contributed by atoms with van der Waals surface area (Å²) in [5.74, 6) is -0.470. The Morgan fingerprint density at radius 1 is 1.37 bits per heavy atom. The first kappa shape index (κ1) is 11.2. The minimum absolute atomic E-state index is 0.0742. The summed E-state index contributed by atoms with van der Waals surface area (Å²) < 4.78 is 3.03. The van der Waals surface area contributed by atoms with Gasteiger partial charge < -0.3 is 5.11 Å². The second kappa shape index (κ2) is 4.41. The fourth-order valence-corrected chi connectivity index (χ4v) is 1.66. The molecule has 0 fully saturated rings. The maximum absolute atomic E-state index is 10.6. The molecule has 0 saturated carbocycles. The van der Waals surface area contributed by atoms with Crippen LogP contribution in [0.2, 0.25) is 0 Å². The first-order valence-electron chi connectivity index (χ1n) is 5.47. The Morgan fingerprint density at radius 3 is 2.89 bits per heavy atom. The second-order valence-electron chi connectivity index (χ2n) is 3.87. The number of carbonyl (C=O) groups is 1. The van der Waals surface area contributed by atoms with Crippen molar-refractivity contribution in [1.82, 2.24) is 24.8 Å². The van der Waals surface area contributed by atoms with E-state index in [-0.39, 0.29) is 6.54 Å². The number of aromatic nitrogens is 6. The van der Waals surface area contributed by atoms with Crippen molar-refractivity contribution in [2.45, 2.75) is 6.54 Å². The van der Waals surface area contributed by atoms with Gasteiger partial charge >= 0.3 is 5.97 Å². The molecule has 0 radical (unpaired) electrons. The van der Waals surface area contributed by atoms with Gasteiger partial charge in [0.05, 0.1) is 11.9 Å². The lowest BCUT2D eigenvalue weighted by Crippen LogP contribution is -2.36. The van der Waals surface area contributed by atoms with Crippen molar-refractivity contribution in [2.75, 3.05) is 0 Å². The fraction of sp³-hybridized carbons (Fsp3) is 0.0909. The van der Waals surface area contributed by atoms with Gasteiger partial charge in [-0.1, -0.05) is 0 Å². The van der Waals surface area contributed by atoms with Crippen LogP contribution < -0.4 is 4.57 Å². The maximum Gasteiger partial charge on any atom is 0.370 e. The molecular formula is C11H9N6O2+. The smallest absolute Gasteiger partial charge is 0.370 e. The van der Waals surface area contributed by atoms with Gasteiger partial charge in [-0.2, -0.15) is 14.2 Å². The largest absolute Gasteiger partial charge is 0.477 e. The van der Waals surface area contributed by atoms with Crippen LogP contribution in [0.25, 0.3) is 17.0 Å². The topological polar surface area (TPSA) is 97.2 Å². The molecule has 0 saturated heterocycles. The Hall–Kier alpha value is -2.90. The van der Waals surface area contributed by atoms with Crippen molar-refractivity contribution in [3.8, 4) is 11.3 Å². The maximum atomic E-state index is 10.6. The molecule has 3 rings (SSSR count). The molecule has 0 aliphatic heterocycles. The van der Waals surface area contributed by atoms with Crippen molar-refractivity contribution >= 4 is 11.7 Å². The fourth-order valence-electron chi connectivity index (χ4n) is 1.66. The summed E-state index contributed by atoms with van der Waals surface area (Å²) >= 11 is 0. The summed E-state index contributed by atoms with van der Waals surface area (Å²) in [5, 5.41) is 20.3. The Morgan fingerprint density at radius 2 is 2.16 bits per heavy atom. The van der Waals surface area contributed by atoms with E-state index in [1.54, 1.807) is 35.3 Å². The molecule has 0 aliphatic carbocycles. The third kappa shape index (κ3) is 2.23. The molecule has 8 nitrogen and oxygen atoms in total. The third-order valence-electron chi connectivity index (χ3n) is 2.54. The van der Waals surface area contributed by atoms with Crippen LogP contribution in [0.3, 0.4) is 0 Å². The molecule has 0 unspecified atom stereocenters. The first-order valence-corrected chi connectivity index (χ1v) is 5.47. The van der Waals surface area contributed by atoms with Crippen LogP contribution in [0.5, 0.6) is 0 Å². The average Bonchev–Trinajstić information content (AvgIpc) is 2.86. The van der Waals surface area contributed by atoms with Crippen LogP contribution in [0.4, 0.5) is 0 Å². The van der Waals surface area contributed by atoms with E-state index in [9.17, 15) is 4.79 Å². The predicted molar refractivity (Wildman–Crippen MR) is 61.8 cm³/mol. The summed E-state index contributed by atoms with van der Waals surface area (Å²) in [6.07, 6.45) is 6.43. The van der Waals surface area contributed by atoms with E-state index in [4.69, 9.17) is 5.11 Å². The van der Waals surface area contributed by atoms with Gasteiger partial charge in [0.1, 0.15) is 6.33 Å². The van der Waals surface area contributed by atoms with E-state index < -0.39 is 5.97 Å². The highest BCUT2D eigenvalue weighted by atomic mass is 16.4. The summed E-state index contributed by atoms with van der Waals surface area (Å²) in [7, 11) is 0. The SMILES string of the molecule is O=C(O)C[n+]1ccc(-c2cnn3cnnc3n2)cc1. The van der Waals surface area contributed by atoms with E-state index in [1.807, 2.05) is 0 Å². The van der Waals surface area contributed by atoms with Crippen molar-refractivity contribution < 1.29 is 14.5 Å². The van der Waals surface area contributed by atoms with Crippen molar-refractivity contribution in [3.63, 3.8) is 0 Å². The number of aliphatic carboxylic acids is 1. The zero-order valence-electron chi connectivity index (χ0n) is 9.71. The van der Waals surface area contributed by atoms with Crippen LogP contribution in [0.1, 0.15) is 0 Å². The molecule has 3 aromatic rings. The highest BCUT2D eigenvalue weighted by molar-refractivity contribution is 5.65. The molecule has 1 N–H and O–H groups in total. The highest BCUT2D eigenvalue weighted by Crippen LogP contribution is 2.13. The number of hydrogen-bond acceptors (Lipinski definition) is 5. The summed E-state index contributed by atoms with van der Waals surface area (Å²) in [6, 6.07) is 3.56. The van der Waals surface area contributed by atoms with Crippen molar-refractivity contribution in [2.24, 2.45) is 0 Å². The summed E-state index contributed by atoms with van der Waals surface area (Å²) in [5.41, 5.74) is 1.49. The number of rotatable bonds is 3. The number of carboxylic acids is 1. The van der Waals surface area contributed by atoms with Crippen molar-refractivity contribution in [1.29, 1.82) is 0 Å². The van der Waals surface area contributed by atoms with E-state index in [2.05, 4.69) is 20.3 Å². The zero-order valence-corrected chi connectivity index (χ0v) is 9.71. The van der Waals surface area contributed by atoms with Gasteiger partial charge in [-0.05, 0) is 0 Å². The molecule has 3 heterocycles. The third-order valence-corrected chi connectivity index (χ3v) is 2.54. The van der Waals surface area contributed by atoms with Crippen LogP contribution in [-0.2, 0) is 11.3 Å². The summed E-state index contributed by atoms with van der Waals surface area (Å²) in [6.45, 7) is -0.0742. The molecule has 0 aromatic carbocycles. The number of pyridine rings is 1. The standard InChI is InChI=1S/C11H8N6O2/c18-10(19)6-16-3-1-8(2-4-16)9-5-13-17-7-12-15-11(17)14-9/h1-5,7H,6H2/p+1. The Balaban J connectivity index is 1.94. The van der Waals surface area contributed by atoms with E-state index in [1.165, 1.54) is 10.8 Å². The Labute approximate surface area is 107 Å². The number of hydrogen-bond donors (Lipinski definition) is 1. The van der Waals surface area contributed by atoms with Crippen LogP contribution in [0, 0.1) is 0 Å². The molecule has 3 aromatic heterocycles. The molecule has 19 heavy (non-hydrogen) atoms. The molecule has 0 bridgehead atoms. The molecule has 8 heteroatoms.